The van der Waals surface area contributed by atoms with E-state index in [2.05, 4.69) is 15.3 Å². The lowest BCUT2D eigenvalue weighted by atomic mass is 10.00. The Morgan fingerprint density at radius 3 is 2.27 bits per heavy atom. The third-order valence-corrected chi connectivity index (χ3v) is 5.95. The van der Waals surface area contributed by atoms with Crippen molar-refractivity contribution in [1.82, 2.24) is 9.97 Å². The van der Waals surface area contributed by atoms with Crippen LogP contribution in [0.25, 0.3) is 22.4 Å². The number of hydrogen-bond acceptors (Lipinski definition) is 4. The Balaban J connectivity index is 1.96. The van der Waals surface area contributed by atoms with Crippen molar-refractivity contribution >= 4 is 46.7 Å². The molecule has 4 rings (SSSR count). The molecule has 1 heterocycles. The molecule has 0 unspecified atom stereocenters. The first-order valence-electron chi connectivity index (χ1n) is 11.2. The molecule has 0 atom stereocenters. The predicted octanol–water partition coefficient (Wildman–Crippen LogP) is 8.83. The average Bonchev–Trinajstić information content (AvgIpc) is 2.81. The van der Waals surface area contributed by atoms with Crippen molar-refractivity contribution < 1.29 is 18.3 Å². The van der Waals surface area contributed by atoms with Gasteiger partial charge >= 0.3 is 0 Å². The van der Waals surface area contributed by atoms with E-state index in [0.29, 0.717) is 37.5 Å². The number of halogens is 5. The molecule has 0 saturated heterocycles. The first-order chi connectivity index (χ1) is 17.6. The predicted molar refractivity (Wildman–Crippen MR) is 142 cm³/mol. The topological polar surface area (TPSA) is 64.1 Å². The van der Waals surface area contributed by atoms with Gasteiger partial charge in [-0.05, 0) is 53.9 Å². The fourth-order valence-corrected chi connectivity index (χ4v) is 4.15. The fraction of sp³-hybridized carbons (Fsp3) is 0.148. The molecule has 0 spiro atoms. The van der Waals surface area contributed by atoms with Crippen molar-refractivity contribution in [1.29, 1.82) is 0 Å². The Labute approximate surface area is 227 Å². The van der Waals surface area contributed by atoms with Crippen LogP contribution in [0.2, 0.25) is 15.1 Å². The molecule has 0 bridgehead atoms. The van der Waals surface area contributed by atoms with E-state index >= 15 is 0 Å². The molecule has 0 radical (unpaired) electrons. The van der Waals surface area contributed by atoms with E-state index in [-0.39, 0.29) is 35.8 Å². The zero-order chi connectivity index (χ0) is 26.7. The second kappa shape index (κ2) is 11.4. The van der Waals surface area contributed by atoms with Gasteiger partial charge in [0.25, 0.3) is 0 Å². The summed E-state index contributed by atoms with van der Waals surface area (Å²) >= 11 is 18.8. The van der Waals surface area contributed by atoms with Crippen LogP contribution >= 0.6 is 34.8 Å². The Hall–Kier alpha value is -3.26. The smallest absolute Gasteiger partial charge is 0.233 e. The minimum Gasteiger partial charge on any atom is -0.438 e. The van der Waals surface area contributed by atoms with E-state index < -0.39 is 11.6 Å². The second-order valence-electron chi connectivity index (χ2n) is 8.53. The van der Waals surface area contributed by atoms with Crippen LogP contribution < -0.4 is 10.1 Å². The summed E-state index contributed by atoms with van der Waals surface area (Å²) in [6.45, 7) is 3.81. The maximum absolute atomic E-state index is 14.0. The van der Waals surface area contributed by atoms with Gasteiger partial charge in [-0.25, -0.2) is 13.8 Å². The van der Waals surface area contributed by atoms with Gasteiger partial charge in [0.05, 0.1) is 16.3 Å². The Kier molecular flexibility index (Phi) is 8.27. The highest BCUT2D eigenvalue weighted by Gasteiger charge is 2.23. The van der Waals surface area contributed by atoms with Crippen LogP contribution in [0, 0.1) is 17.6 Å². The Morgan fingerprint density at radius 1 is 0.919 bits per heavy atom. The molecule has 10 heteroatoms. The molecule has 1 aromatic heterocycles. The monoisotopic (exact) mass is 561 g/mol. The van der Waals surface area contributed by atoms with Crippen molar-refractivity contribution in [3.63, 3.8) is 0 Å². The third-order valence-electron chi connectivity index (χ3n) is 5.15. The summed E-state index contributed by atoms with van der Waals surface area (Å²) in [6, 6.07) is 14.8. The number of benzene rings is 3. The summed E-state index contributed by atoms with van der Waals surface area (Å²) in [6.07, 6.45) is 0.235. The van der Waals surface area contributed by atoms with Gasteiger partial charge in [-0.1, -0.05) is 60.8 Å². The molecule has 4 aromatic rings. The minimum absolute atomic E-state index is 0.0135. The number of carbonyl (C=O) groups is 1. The molecule has 1 amide bonds. The van der Waals surface area contributed by atoms with Crippen LogP contribution in [0.4, 0.5) is 14.7 Å². The zero-order valence-electron chi connectivity index (χ0n) is 19.7. The van der Waals surface area contributed by atoms with Gasteiger partial charge in [0.1, 0.15) is 5.75 Å². The Bertz CT molecular complexity index is 1460. The molecule has 1 N–H and O–H groups in total. The number of aromatic nitrogens is 2. The number of nitrogens with one attached hydrogen (secondary N) is 1. The van der Waals surface area contributed by atoms with Crippen LogP contribution in [0.1, 0.15) is 20.3 Å². The van der Waals surface area contributed by atoms with E-state index in [0.717, 1.165) is 12.1 Å². The largest absolute Gasteiger partial charge is 0.438 e. The van der Waals surface area contributed by atoms with Crippen molar-refractivity contribution in [3.05, 3.63) is 87.4 Å². The van der Waals surface area contributed by atoms with Gasteiger partial charge in [0, 0.05) is 28.1 Å². The summed E-state index contributed by atoms with van der Waals surface area (Å²) in [5, 5.41) is 3.89. The molecule has 0 fully saturated rings. The number of ether oxygens (including phenoxy) is 1. The summed E-state index contributed by atoms with van der Waals surface area (Å²) in [5.41, 5.74) is 1.78. The maximum Gasteiger partial charge on any atom is 0.233 e. The van der Waals surface area contributed by atoms with Crippen molar-refractivity contribution in [2.75, 3.05) is 5.32 Å². The molecule has 0 aliphatic rings. The van der Waals surface area contributed by atoms with Gasteiger partial charge in [0.15, 0.2) is 11.6 Å². The van der Waals surface area contributed by atoms with E-state index in [1.807, 2.05) is 13.8 Å². The molecule has 0 aliphatic heterocycles. The molecular formula is C27H20Cl3F2N3O2. The van der Waals surface area contributed by atoms with E-state index in [1.165, 1.54) is 6.07 Å². The number of rotatable bonds is 7. The summed E-state index contributed by atoms with van der Waals surface area (Å²) in [7, 11) is 0. The SMILES string of the molecule is CC(C)CC(=O)Nc1nc(Oc2ccc(F)c(F)c2)c(-c2ccc(Cl)cc2)c(-c2ccc(Cl)cc2Cl)n1. The van der Waals surface area contributed by atoms with Crippen molar-refractivity contribution in [2.45, 2.75) is 20.3 Å². The van der Waals surface area contributed by atoms with E-state index in [1.54, 1.807) is 42.5 Å². The standard InChI is InChI=1S/C27H20Cl3F2N3O2/c1-14(2)11-23(36)33-27-34-25(19-9-7-17(29)12-20(19)30)24(15-3-5-16(28)6-4-15)26(35-27)37-18-8-10-21(31)22(32)13-18/h3-10,12-14H,11H2,1-2H3,(H,33,34,35,36). The summed E-state index contributed by atoms with van der Waals surface area (Å²) < 4.78 is 33.5. The first-order valence-corrected chi connectivity index (χ1v) is 12.3. The van der Waals surface area contributed by atoms with Gasteiger partial charge in [0.2, 0.25) is 17.7 Å². The summed E-state index contributed by atoms with van der Waals surface area (Å²) in [5.74, 6) is -2.42. The molecular weight excluding hydrogens is 543 g/mol. The Morgan fingerprint density at radius 2 is 1.62 bits per heavy atom. The minimum atomic E-state index is -1.09. The number of nitrogens with zero attached hydrogens (tertiary/aromatic N) is 2. The average molecular weight is 563 g/mol. The van der Waals surface area contributed by atoms with Crippen molar-refractivity contribution in [3.8, 4) is 34.0 Å². The molecule has 190 valence electrons. The second-order valence-corrected chi connectivity index (χ2v) is 9.81. The van der Waals surface area contributed by atoms with Crippen LogP contribution in [0.5, 0.6) is 11.6 Å². The van der Waals surface area contributed by atoms with Crippen LogP contribution in [0.3, 0.4) is 0 Å². The van der Waals surface area contributed by atoms with E-state index in [4.69, 9.17) is 39.5 Å². The maximum atomic E-state index is 14.0. The lowest BCUT2D eigenvalue weighted by molar-refractivity contribution is -0.116. The molecule has 3 aromatic carbocycles. The molecule has 0 saturated carbocycles. The summed E-state index contributed by atoms with van der Waals surface area (Å²) in [4.78, 5) is 21.6. The van der Waals surface area contributed by atoms with Gasteiger partial charge in [-0.15, -0.1) is 0 Å². The number of amides is 1. The van der Waals surface area contributed by atoms with Gasteiger partial charge < -0.3 is 4.74 Å². The number of carbonyl (C=O) groups excluding carboxylic acids is 1. The zero-order valence-corrected chi connectivity index (χ0v) is 21.9. The highest BCUT2D eigenvalue weighted by atomic mass is 35.5. The lowest BCUT2D eigenvalue weighted by Crippen LogP contribution is -2.16. The van der Waals surface area contributed by atoms with Crippen LogP contribution in [-0.2, 0) is 4.79 Å². The van der Waals surface area contributed by atoms with Gasteiger partial charge in [-0.2, -0.15) is 4.98 Å². The van der Waals surface area contributed by atoms with Gasteiger partial charge in [-0.3, -0.25) is 10.1 Å². The lowest BCUT2D eigenvalue weighted by Gasteiger charge is -2.18. The normalized spacial score (nSPS) is 11.0. The molecule has 0 aliphatic carbocycles. The number of hydrogen-bond donors (Lipinski definition) is 1. The molecule has 5 nitrogen and oxygen atoms in total. The fourth-order valence-electron chi connectivity index (χ4n) is 3.52. The molecule has 37 heavy (non-hydrogen) atoms. The highest BCUT2D eigenvalue weighted by Crippen LogP contribution is 2.42. The van der Waals surface area contributed by atoms with E-state index in [9.17, 15) is 13.6 Å². The first kappa shape index (κ1) is 26.8. The number of anilines is 1. The van der Waals surface area contributed by atoms with Crippen LogP contribution in [0.15, 0.2) is 60.7 Å². The van der Waals surface area contributed by atoms with Crippen LogP contribution in [-0.4, -0.2) is 15.9 Å². The third kappa shape index (κ3) is 6.55. The highest BCUT2D eigenvalue weighted by molar-refractivity contribution is 6.36. The van der Waals surface area contributed by atoms with Crippen molar-refractivity contribution in [2.24, 2.45) is 5.92 Å². The quantitative estimate of drug-likeness (QED) is 0.244.